The summed E-state index contributed by atoms with van der Waals surface area (Å²) in [5, 5.41) is 2.11. The third kappa shape index (κ3) is 3.66. The number of benzene rings is 1. The molecule has 4 nitrogen and oxygen atoms in total. The number of thiophene rings is 1. The van der Waals surface area contributed by atoms with Crippen molar-refractivity contribution in [3.63, 3.8) is 0 Å². The molecule has 1 aromatic heterocycles. The topological polar surface area (TPSA) is 46.6 Å². The molecule has 1 atom stereocenters. The summed E-state index contributed by atoms with van der Waals surface area (Å²) in [6, 6.07) is 9.31. The van der Waals surface area contributed by atoms with Crippen molar-refractivity contribution in [2.45, 2.75) is 25.8 Å². The summed E-state index contributed by atoms with van der Waals surface area (Å²) < 4.78 is 4.68. The Hall–Kier alpha value is -2.40. The minimum Gasteiger partial charge on any atom is -0.465 e. The van der Waals surface area contributed by atoms with Crippen LogP contribution < -0.4 is 0 Å². The van der Waals surface area contributed by atoms with Crippen molar-refractivity contribution in [1.29, 1.82) is 0 Å². The number of fused-ring (bicyclic) bond motifs is 1. The van der Waals surface area contributed by atoms with Crippen molar-refractivity contribution in [2.24, 2.45) is 0 Å². The standard InChI is InChI=1S/C20H21NO3S/c1-3-17-16-11-13-25-18(16)10-12-21(17)19(22)9-6-14-4-7-15(8-5-14)20(23)24-2/h4-9,11,13,17H,3,10,12H2,1-2H3. The first-order valence-corrected chi connectivity index (χ1v) is 9.25. The molecule has 0 radical (unpaired) electrons. The van der Waals surface area contributed by atoms with Gasteiger partial charge in [-0.2, -0.15) is 0 Å². The number of esters is 1. The zero-order chi connectivity index (χ0) is 17.8. The van der Waals surface area contributed by atoms with Crippen LogP contribution in [0.4, 0.5) is 0 Å². The molecule has 3 rings (SSSR count). The van der Waals surface area contributed by atoms with Gasteiger partial charge in [-0.25, -0.2) is 4.79 Å². The van der Waals surface area contributed by atoms with Crippen molar-refractivity contribution in [1.82, 2.24) is 4.90 Å². The molecule has 2 heterocycles. The number of amides is 1. The van der Waals surface area contributed by atoms with Gasteiger partial charge in [-0.15, -0.1) is 11.3 Å². The molecule has 0 saturated heterocycles. The molecule has 2 aromatic rings. The summed E-state index contributed by atoms with van der Waals surface area (Å²) in [5.41, 5.74) is 2.67. The maximum absolute atomic E-state index is 12.7. The van der Waals surface area contributed by atoms with Gasteiger partial charge in [0.1, 0.15) is 0 Å². The second kappa shape index (κ2) is 7.66. The van der Waals surface area contributed by atoms with E-state index in [1.807, 2.05) is 4.90 Å². The van der Waals surface area contributed by atoms with Crippen molar-refractivity contribution in [3.05, 3.63) is 63.4 Å². The Labute approximate surface area is 151 Å². The molecular formula is C20H21NO3S. The van der Waals surface area contributed by atoms with E-state index in [0.717, 1.165) is 24.9 Å². The van der Waals surface area contributed by atoms with Gasteiger partial charge in [0.25, 0.3) is 0 Å². The zero-order valence-corrected chi connectivity index (χ0v) is 15.2. The average Bonchev–Trinajstić information content (AvgIpc) is 3.13. The SMILES string of the molecule is CCC1c2ccsc2CCN1C(=O)C=Cc1ccc(C(=O)OC)cc1. The predicted octanol–water partition coefficient (Wildman–Crippen LogP) is 4.08. The molecule has 25 heavy (non-hydrogen) atoms. The lowest BCUT2D eigenvalue weighted by Gasteiger charge is -2.34. The van der Waals surface area contributed by atoms with Crippen molar-refractivity contribution in [3.8, 4) is 0 Å². The van der Waals surface area contributed by atoms with Crippen LogP contribution in [0, 0.1) is 0 Å². The third-order valence-electron chi connectivity index (χ3n) is 4.51. The molecule has 1 aliphatic heterocycles. The Bertz CT molecular complexity index is 792. The lowest BCUT2D eigenvalue weighted by molar-refractivity contribution is -0.128. The number of carbonyl (C=O) groups excluding carboxylic acids is 2. The van der Waals surface area contributed by atoms with Gasteiger partial charge in [-0.05, 0) is 53.6 Å². The van der Waals surface area contributed by atoms with E-state index in [0.29, 0.717) is 5.56 Å². The molecule has 0 bridgehead atoms. The molecule has 5 heteroatoms. The second-order valence-electron chi connectivity index (χ2n) is 5.95. The summed E-state index contributed by atoms with van der Waals surface area (Å²) in [5.74, 6) is -0.335. The van der Waals surface area contributed by atoms with Crippen molar-refractivity contribution in [2.75, 3.05) is 13.7 Å². The molecule has 1 unspecified atom stereocenters. The van der Waals surface area contributed by atoms with Crippen LogP contribution in [0.5, 0.6) is 0 Å². The summed E-state index contributed by atoms with van der Waals surface area (Å²) >= 11 is 1.78. The van der Waals surface area contributed by atoms with E-state index >= 15 is 0 Å². The van der Waals surface area contributed by atoms with Crippen LogP contribution >= 0.6 is 11.3 Å². The highest BCUT2D eigenvalue weighted by molar-refractivity contribution is 7.10. The summed E-state index contributed by atoms with van der Waals surface area (Å²) in [4.78, 5) is 27.5. The number of hydrogen-bond acceptors (Lipinski definition) is 4. The van der Waals surface area contributed by atoms with E-state index in [2.05, 4.69) is 23.1 Å². The molecule has 1 aliphatic rings. The van der Waals surface area contributed by atoms with Crippen molar-refractivity contribution < 1.29 is 14.3 Å². The van der Waals surface area contributed by atoms with Gasteiger partial charge in [0.2, 0.25) is 5.91 Å². The Morgan fingerprint density at radius 3 is 2.72 bits per heavy atom. The van der Waals surface area contributed by atoms with Crippen LogP contribution in [-0.4, -0.2) is 30.4 Å². The van der Waals surface area contributed by atoms with E-state index in [9.17, 15) is 9.59 Å². The molecule has 1 amide bonds. The Kier molecular flexibility index (Phi) is 5.34. The van der Waals surface area contributed by atoms with Crippen LogP contribution in [0.2, 0.25) is 0 Å². The van der Waals surface area contributed by atoms with Gasteiger partial charge in [0.05, 0.1) is 18.7 Å². The van der Waals surface area contributed by atoms with Gasteiger partial charge in [-0.1, -0.05) is 19.1 Å². The maximum atomic E-state index is 12.7. The zero-order valence-electron chi connectivity index (χ0n) is 14.4. The fourth-order valence-corrected chi connectivity index (χ4v) is 4.14. The predicted molar refractivity (Wildman–Crippen MR) is 99.6 cm³/mol. The number of nitrogens with zero attached hydrogens (tertiary/aromatic N) is 1. The lowest BCUT2D eigenvalue weighted by atomic mass is 9.97. The Balaban J connectivity index is 1.71. The van der Waals surface area contributed by atoms with E-state index < -0.39 is 0 Å². The minimum absolute atomic E-state index is 0.0285. The van der Waals surface area contributed by atoms with Gasteiger partial charge in [0.15, 0.2) is 0 Å². The molecule has 0 fully saturated rings. The first-order valence-electron chi connectivity index (χ1n) is 8.37. The first-order chi connectivity index (χ1) is 12.1. The Morgan fingerprint density at radius 2 is 2.04 bits per heavy atom. The lowest BCUT2D eigenvalue weighted by Crippen LogP contribution is -2.38. The summed E-state index contributed by atoms with van der Waals surface area (Å²) in [6.07, 6.45) is 5.25. The molecule has 0 saturated carbocycles. The van der Waals surface area contributed by atoms with Gasteiger partial charge < -0.3 is 9.64 Å². The van der Waals surface area contributed by atoms with Gasteiger partial charge >= 0.3 is 5.97 Å². The molecule has 0 spiro atoms. The van der Waals surface area contributed by atoms with Crippen LogP contribution in [0.15, 0.2) is 41.8 Å². The first kappa shape index (κ1) is 17.4. The highest BCUT2D eigenvalue weighted by Crippen LogP contribution is 2.35. The average molecular weight is 355 g/mol. The number of carbonyl (C=O) groups is 2. The monoisotopic (exact) mass is 355 g/mol. The van der Waals surface area contributed by atoms with Crippen LogP contribution in [0.25, 0.3) is 6.08 Å². The van der Waals surface area contributed by atoms with Crippen LogP contribution in [0.1, 0.15) is 45.7 Å². The second-order valence-corrected chi connectivity index (χ2v) is 6.95. The number of ether oxygens (including phenoxy) is 1. The number of methoxy groups -OCH3 is 1. The van der Waals surface area contributed by atoms with E-state index in [1.54, 1.807) is 47.8 Å². The minimum atomic E-state index is -0.364. The quantitative estimate of drug-likeness (QED) is 0.613. The largest absolute Gasteiger partial charge is 0.465 e. The smallest absolute Gasteiger partial charge is 0.337 e. The number of rotatable bonds is 4. The van der Waals surface area contributed by atoms with Gasteiger partial charge in [-0.3, -0.25) is 4.79 Å². The van der Waals surface area contributed by atoms with Crippen molar-refractivity contribution >= 4 is 29.3 Å². The molecule has 0 aliphatic carbocycles. The Morgan fingerprint density at radius 1 is 1.28 bits per heavy atom. The van der Waals surface area contributed by atoms with Crippen LogP contribution in [0.3, 0.4) is 0 Å². The number of hydrogen-bond donors (Lipinski definition) is 0. The summed E-state index contributed by atoms with van der Waals surface area (Å²) in [6.45, 7) is 2.88. The van der Waals surface area contributed by atoms with E-state index in [-0.39, 0.29) is 17.9 Å². The fraction of sp³-hybridized carbons (Fsp3) is 0.300. The normalized spacial score (nSPS) is 16.7. The third-order valence-corrected chi connectivity index (χ3v) is 5.51. The van der Waals surface area contributed by atoms with E-state index in [1.165, 1.54) is 17.6 Å². The summed E-state index contributed by atoms with van der Waals surface area (Å²) in [7, 11) is 1.36. The highest BCUT2D eigenvalue weighted by atomic mass is 32.1. The molecule has 1 aromatic carbocycles. The fourth-order valence-electron chi connectivity index (χ4n) is 3.21. The highest BCUT2D eigenvalue weighted by Gasteiger charge is 2.29. The van der Waals surface area contributed by atoms with Gasteiger partial charge in [0, 0.05) is 17.5 Å². The molecular weight excluding hydrogens is 334 g/mol. The van der Waals surface area contributed by atoms with Crippen LogP contribution in [-0.2, 0) is 16.0 Å². The maximum Gasteiger partial charge on any atom is 0.337 e. The van der Waals surface area contributed by atoms with E-state index in [4.69, 9.17) is 0 Å². The molecule has 0 N–H and O–H groups in total. The molecule has 130 valence electrons.